The van der Waals surface area contributed by atoms with Crippen molar-refractivity contribution in [1.82, 2.24) is 9.88 Å². The maximum atomic E-state index is 12.9. The summed E-state index contributed by atoms with van der Waals surface area (Å²) in [5, 5.41) is 2.67. The molecule has 2 heterocycles. The van der Waals surface area contributed by atoms with Crippen LogP contribution in [0.3, 0.4) is 0 Å². The number of anilines is 1. The molecule has 1 aromatic carbocycles. The van der Waals surface area contributed by atoms with Crippen molar-refractivity contribution in [1.29, 1.82) is 0 Å². The number of benzene rings is 1. The first-order valence-corrected chi connectivity index (χ1v) is 8.99. The Hall–Kier alpha value is -2.57. The number of amides is 4. The molecule has 1 saturated heterocycles. The minimum absolute atomic E-state index is 0.137. The van der Waals surface area contributed by atoms with E-state index in [0.29, 0.717) is 10.6 Å². The average Bonchev–Trinajstić information content (AvgIpc) is 2.95. The average molecular weight is 406 g/mol. The highest BCUT2D eigenvalue weighted by Gasteiger charge is 2.37. The maximum absolute atomic E-state index is 12.9. The van der Waals surface area contributed by atoms with Crippen molar-refractivity contribution in [3.63, 3.8) is 0 Å². The predicted molar refractivity (Wildman–Crippen MR) is 105 cm³/mol. The lowest BCUT2D eigenvalue weighted by Gasteiger charge is -2.26. The number of halogens is 2. The largest absolute Gasteiger partial charge is 0.349 e. The first kappa shape index (κ1) is 19.2. The minimum atomic E-state index is -0.837. The van der Waals surface area contributed by atoms with Crippen molar-refractivity contribution in [2.24, 2.45) is 0 Å². The number of rotatable bonds is 3. The van der Waals surface area contributed by atoms with E-state index in [0.717, 1.165) is 10.6 Å². The van der Waals surface area contributed by atoms with Gasteiger partial charge in [-0.25, -0.2) is 9.69 Å². The summed E-state index contributed by atoms with van der Waals surface area (Å²) < 4.78 is 2.03. The Morgan fingerprint density at radius 2 is 1.78 bits per heavy atom. The van der Waals surface area contributed by atoms with Gasteiger partial charge in [-0.3, -0.25) is 14.9 Å². The normalized spacial score (nSPS) is 16.4. The van der Waals surface area contributed by atoms with Gasteiger partial charge in [-0.2, -0.15) is 0 Å². The number of hydrogen-bond donors (Lipinski definition) is 1. The molecule has 1 aliphatic rings. The summed E-state index contributed by atoms with van der Waals surface area (Å²) in [5.41, 5.74) is 1.78. The van der Waals surface area contributed by atoms with E-state index in [2.05, 4.69) is 5.32 Å². The predicted octanol–water partition coefficient (Wildman–Crippen LogP) is 4.35. The SMILES string of the molecule is Cc1cc(/C=C2/C(=O)NC(=O)N(c3ccc(Cl)c(Cl)c3)C2=O)cn1C(C)C. The lowest BCUT2D eigenvalue weighted by atomic mass is 10.1. The van der Waals surface area contributed by atoms with E-state index in [1.165, 1.54) is 24.3 Å². The van der Waals surface area contributed by atoms with Crippen LogP contribution in [0.5, 0.6) is 0 Å². The number of imide groups is 2. The number of carbonyl (C=O) groups excluding carboxylic acids is 3. The third-order valence-corrected chi connectivity index (χ3v) is 4.94. The van der Waals surface area contributed by atoms with Crippen molar-refractivity contribution >= 4 is 52.8 Å². The third kappa shape index (κ3) is 3.63. The third-order valence-electron chi connectivity index (χ3n) is 4.20. The molecule has 140 valence electrons. The van der Waals surface area contributed by atoms with Crippen molar-refractivity contribution < 1.29 is 14.4 Å². The van der Waals surface area contributed by atoms with E-state index in [9.17, 15) is 14.4 Å². The van der Waals surface area contributed by atoms with Crippen LogP contribution in [0.2, 0.25) is 10.0 Å². The highest BCUT2D eigenvalue weighted by Crippen LogP contribution is 2.29. The molecule has 2 aromatic rings. The van der Waals surface area contributed by atoms with Gasteiger partial charge in [0.15, 0.2) is 0 Å². The zero-order valence-corrected chi connectivity index (χ0v) is 16.4. The molecule has 0 spiro atoms. The van der Waals surface area contributed by atoms with E-state index in [4.69, 9.17) is 23.2 Å². The van der Waals surface area contributed by atoms with Crippen LogP contribution in [0.1, 0.15) is 31.1 Å². The smallest absolute Gasteiger partial charge is 0.335 e. The Morgan fingerprint density at radius 3 is 2.37 bits per heavy atom. The molecule has 27 heavy (non-hydrogen) atoms. The van der Waals surface area contributed by atoms with Crippen molar-refractivity contribution in [2.45, 2.75) is 26.8 Å². The standard InChI is InChI=1S/C19H17Cl2N3O3/c1-10(2)23-9-12(6-11(23)3)7-14-17(25)22-19(27)24(18(14)26)13-4-5-15(20)16(21)8-13/h4-10H,1-3H3,(H,22,25,27)/b14-7-. The van der Waals surface area contributed by atoms with Crippen LogP contribution in [0.25, 0.3) is 6.08 Å². The second-order valence-corrected chi connectivity index (χ2v) is 7.29. The molecule has 0 saturated carbocycles. The van der Waals surface area contributed by atoms with Crippen LogP contribution in [0, 0.1) is 6.92 Å². The van der Waals surface area contributed by atoms with Gasteiger partial charge in [-0.1, -0.05) is 23.2 Å². The number of aryl methyl sites for hydroxylation is 1. The zero-order valence-electron chi connectivity index (χ0n) is 14.9. The monoisotopic (exact) mass is 405 g/mol. The molecule has 1 aliphatic heterocycles. The summed E-state index contributed by atoms with van der Waals surface area (Å²) >= 11 is 11.9. The van der Waals surface area contributed by atoms with Crippen LogP contribution in [-0.4, -0.2) is 22.4 Å². The van der Waals surface area contributed by atoms with Gasteiger partial charge in [0, 0.05) is 17.9 Å². The Bertz CT molecular complexity index is 992. The van der Waals surface area contributed by atoms with E-state index < -0.39 is 17.8 Å². The summed E-state index contributed by atoms with van der Waals surface area (Å²) in [7, 11) is 0. The van der Waals surface area contributed by atoms with E-state index >= 15 is 0 Å². The zero-order chi connectivity index (χ0) is 19.9. The topological polar surface area (TPSA) is 71.4 Å². The molecule has 3 rings (SSSR count). The number of nitrogens with one attached hydrogen (secondary N) is 1. The molecule has 1 N–H and O–H groups in total. The number of hydrogen-bond acceptors (Lipinski definition) is 3. The van der Waals surface area contributed by atoms with Crippen molar-refractivity contribution in [3.05, 3.63) is 57.3 Å². The highest BCUT2D eigenvalue weighted by atomic mass is 35.5. The van der Waals surface area contributed by atoms with Gasteiger partial charge in [0.25, 0.3) is 11.8 Å². The number of barbiturate groups is 1. The number of carbonyl (C=O) groups is 3. The van der Waals surface area contributed by atoms with Gasteiger partial charge in [0.05, 0.1) is 15.7 Å². The fourth-order valence-electron chi connectivity index (χ4n) is 2.93. The fourth-order valence-corrected chi connectivity index (χ4v) is 3.23. The summed E-state index contributed by atoms with van der Waals surface area (Å²) in [6.07, 6.45) is 3.33. The van der Waals surface area contributed by atoms with Crippen LogP contribution in [0.15, 0.2) is 36.0 Å². The first-order valence-electron chi connectivity index (χ1n) is 8.24. The van der Waals surface area contributed by atoms with Crippen molar-refractivity contribution in [2.75, 3.05) is 4.90 Å². The minimum Gasteiger partial charge on any atom is -0.349 e. The van der Waals surface area contributed by atoms with Crippen LogP contribution < -0.4 is 10.2 Å². The van der Waals surface area contributed by atoms with Crippen LogP contribution >= 0.6 is 23.2 Å². The van der Waals surface area contributed by atoms with E-state index in [-0.39, 0.29) is 22.3 Å². The van der Waals surface area contributed by atoms with Gasteiger partial charge in [0.1, 0.15) is 5.57 Å². The number of aromatic nitrogens is 1. The molecule has 1 aromatic heterocycles. The second kappa shape index (κ2) is 7.21. The quantitative estimate of drug-likeness (QED) is 0.609. The molecule has 0 unspecified atom stereocenters. The highest BCUT2D eigenvalue weighted by molar-refractivity contribution is 6.43. The van der Waals surface area contributed by atoms with Gasteiger partial charge in [0.2, 0.25) is 0 Å². The Morgan fingerprint density at radius 1 is 1.07 bits per heavy atom. The molecule has 8 heteroatoms. The Labute approximate surface area is 166 Å². The Kier molecular flexibility index (Phi) is 5.13. The molecular formula is C19H17Cl2N3O3. The molecule has 6 nitrogen and oxygen atoms in total. The molecular weight excluding hydrogens is 389 g/mol. The summed E-state index contributed by atoms with van der Waals surface area (Å²) in [6, 6.07) is 5.63. The lowest BCUT2D eigenvalue weighted by Crippen LogP contribution is -2.54. The molecule has 1 fully saturated rings. The fraction of sp³-hybridized carbons (Fsp3) is 0.211. The van der Waals surface area contributed by atoms with E-state index in [1.807, 2.05) is 37.6 Å². The Balaban J connectivity index is 2.02. The molecule has 0 bridgehead atoms. The van der Waals surface area contributed by atoms with Crippen LogP contribution in [-0.2, 0) is 9.59 Å². The van der Waals surface area contributed by atoms with Gasteiger partial charge >= 0.3 is 6.03 Å². The number of nitrogens with zero attached hydrogens (tertiary/aromatic N) is 2. The molecule has 0 aliphatic carbocycles. The molecule has 4 amide bonds. The van der Waals surface area contributed by atoms with Gasteiger partial charge in [-0.05, 0) is 56.7 Å². The molecule has 0 atom stereocenters. The van der Waals surface area contributed by atoms with Gasteiger partial charge in [-0.15, -0.1) is 0 Å². The maximum Gasteiger partial charge on any atom is 0.335 e. The second-order valence-electron chi connectivity index (χ2n) is 6.47. The lowest BCUT2D eigenvalue weighted by molar-refractivity contribution is -0.122. The first-order chi connectivity index (χ1) is 12.7. The van der Waals surface area contributed by atoms with Gasteiger partial charge < -0.3 is 4.57 Å². The van der Waals surface area contributed by atoms with Crippen LogP contribution in [0.4, 0.5) is 10.5 Å². The number of urea groups is 1. The van der Waals surface area contributed by atoms with E-state index in [1.54, 1.807) is 0 Å². The summed E-state index contributed by atoms with van der Waals surface area (Å²) in [5.74, 6) is -1.46. The van der Waals surface area contributed by atoms with Crippen molar-refractivity contribution in [3.8, 4) is 0 Å². The molecule has 0 radical (unpaired) electrons. The summed E-state index contributed by atoms with van der Waals surface area (Å²) in [6.45, 7) is 6.01. The summed E-state index contributed by atoms with van der Waals surface area (Å²) in [4.78, 5) is 38.2.